The largest absolute Gasteiger partial charge is 0.469 e. The van der Waals surface area contributed by atoms with Crippen molar-refractivity contribution in [3.63, 3.8) is 0 Å². The Morgan fingerprint density at radius 3 is 2.33 bits per heavy atom. The van der Waals surface area contributed by atoms with Gasteiger partial charge in [0.1, 0.15) is 28.8 Å². The summed E-state index contributed by atoms with van der Waals surface area (Å²) in [4.78, 5) is 54.3. The van der Waals surface area contributed by atoms with E-state index in [9.17, 15) is 34.5 Å². The molecule has 16 unspecified atom stereocenters. The maximum atomic E-state index is 14.2. The first-order valence-corrected chi connectivity index (χ1v) is 17.5. The first kappa shape index (κ1) is 35.2. The average Bonchev–Trinajstić information content (AvgIpc) is 3.44. The number of carbonyl (C=O) groups is 4. The van der Waals surface area contributed by atoms with E-state index in [1.54, 1.807) is 13.8 Å². The Bertz CT molecular complexity index is 1600. The topological polar surface area (TPSA) is 215 Å². The van der Waals surface area contributed by atoms with E-state index in [0.717, 1.165) is 7.11 Å². The van der Waals surface area contributed by atoms with Crippen LogP contribution in [0.3, 0.4) is 0 Å². The molecular formula is C35H46O16. The van der Waals surface area contributed by atoms with Gasteiger partial charge in [0.05, 0.1) is 52.0 Å². The van der Waals surface area contributed by atoms with Crippen LogP contribution in [0.5, 0.6) is 0 Å². The van der Waals surface area contributed by atoms with Gasteiger partial charge >= 0.3 is 23.9 Å². The number of carbonyl (C=O) groups excluding carboxylic acids is 4. The third kappa shape index (κ3) is 3.79. The molecule has 0 aromatic heterocycles. The Hall–Kier alpha value is -2.86. The molecule has 0 aromatic carbocycles. The molecule has 8 rings (SSSR count). The summed E-state index contributed by atoms with van der Waals surface area (Å²) in [5, 5.41) is 37.5. The van der Waals surface area contributed by atoms with E-state index >= 15 is 0 Å². The Labute approximate surface area is 293 Å². The Morgan fingerprint density at radius 1 is 0.980 bits per heavy atom. The van der Waals surface area contributed by atoms with E-state index in [0.29, 0.717) is 0 Å². The van der Waals surface area contributed by atoms with Crippen LogP contribution in [0.25, 0.3) is 0 Å². The number of epoxide rings is 1. The number of rotatable bonds is 7. The van der Waals surface area contributed by atoms with Crippen LogP contribution in [-0.2, 0) is 61.8 Å². The van der Waals surface area contributed by atoms with Gasteiger partial charge in [-0.3, -0.25) is 14.4 Å². The maximum absolute atomic E-state index is 14.2. The predicted octanol–water partition coefficient (Wildman–Crippen LogP) is -0.123. The molecule has 282 valence electrons. The van der Waals surface area contributed by atoms with Crippen molar-refractivity contribution >= 4 is 23.9 Å². The zero-order valence-electron chi connectivity index (χ0n) is 29.6. The highest BCUT2D eigenvalue weighted by molar-refractivity contribution is 5.82. The monoisotopic (exact) mass is 722 g/mol. The van der Waals surface area contributed by atoms with Gasteiger partial charge in [-0.15, -0.1) is 0 Å². The highest BCUT2D eigenvalue weighted by atomic mass is 16.7. The van der Waals surface area contributed by atoms with Crippen LogP contribution in [0.15, 0.2) is 12.3 Å². The summed E-state index contributed by atoms with van der Waals surface area (Å²) in [6.07, 6.45) is -4.49. The van der Waals surface area contributed by atoms with Crippen LogP contribution in [0.4, 0.5) is 0 Å². The molecule has 16 heteroatoms. The Kier molecular flexibility index (Phi) is 7.34. The number of methoxy groups -OCH3 is 2. The van der Waals surface area contributed by atoms with Crippen molar-refractivity contribution in [3.8, 4) is 0 Å². The van der Waals surface area contributed by atoms with E-state index in [1.807, 2.05) is 13.8 Å². The molecular weight excluding hydrogens is 676 g/mol. The quantitative estimate of drug-likeness (QED) is 0.177. The molecule has 0 amide bonds. The van der Waals surface area contributed by atoms with Gasteiger partial charge in [0.25, 0.3) is 5.79 Å². The number of aliphatic hydroxyl groups is 3. The second kappa shape index (κ2) is 10.6. The van der Waals surface area contributed by atoms with Gasteiger partial charge in [-0.05, 0) is 25.3 Å². The zero-order chi connectivity index (χ0) is 36.9. The molecule has 5 aliphatic heterocycles. The minimum Gasteiger partial charge on any atom is -0.469 e. The molecule has 4 saturated heterocycles. The van der Waals surface area contributed by atoms with Crippen LogP contribution < -0.4 is 0 Å². The fourth-order valence-corrected chi connectivity index (χ4v) is 12.4. The van der Waals surface area contributed by atoms with E-state index in [2.05, 4.69) is 0 Å². The highest BCUT2D eigenvalue weighted by Gasteiger charge is 2.97. The lowest BCUT2D eigenvalue weighted by Crippen LogP contribution is -2.79. The smallest absolute Gasteiger partial charge is 0.366 e. The molecule has 2 bridgehead atoms. The van der Waals surface area contributed by atoms with E-state index in [-0.39, 0.29) is 31.8 Å². The van der Waals surface area contributed by atoms with Gasteiger partial charge in [0.2, 0.25) is 6.29 Å². The maximum Gasteiger partial charge on any atom is 0.366 e. The lowest BCUT2D eigenvalue weighted by molar-refractivity contribution is -0.315. The molecule has 16 nitrogen and oxygen atoms in total. The van der Waals surface area contributed by atoms with Crippen LogP contribution >= 0.6 is 0 Å². The van der Waals surface area contributed by atoms with Crippen molar-refractivity contribution in [1.29, 1.82) is 0 Å². The first-order valence-electron chi connectivity index (χ1n) is 17.5. The number of hydrogen-bond donors (Lipinski definition) is 3. The number of fused-ring (bicyclic) bond motifs is 7. The summed E-state index contributed by atoms with van der Waals surface area (Å²) in [5.74, 6) is -9.64. The van der Waals surface area contributed by atoms with Gasteiger partial charge in [0.15, 0.2) is 5.60 Å². The van der Waals surface area contributed by atoms with Crippen molar-refractivity contribution in [2.45, 2.75) is 113 Å². The summed E-state index contributed by atoms with van der Waals surface area (Å²) in [6.45, 7) is 7.42. The Morgan fingerprint density at radius 2 is 1.69 bits per heavy atom. The molecule has 0 radical (unpaired) electrons. The third-order valence-corrected chi connectivity index (χ3v) is 14.0. The summed E-state index contributed by atoms with van der Waals surface area (Å²) in [5.41, 5.74) is -9.61. The molecule has 16 atom stereocenters. The predicted molar refractivity (Wildman–Crippen MR) is 164 cm³/mol. The molecule has 0 aromatic rings. The van der Waals surface area contributed by atoms with Gasteiger partial charge in [-0.1, -0.05) is 20.8 Å². The summed E-state index contributed by atoms with van der Waals surface area (Å²) < 4.78 is 54.1. The van der Waals surface area contributed by atoms with Crippen LogP contribution in [0, 0.1) is 39.9 Å². The molecule has 3 N–H and O–H groups in total. The minimum atomic E-state index is -2.81. The molecule has 5 heterocycles. The first-order chi connectivity index (χ1) is 23.9. The van der Waals surface area contributed by atoms with E-state index in [1.165, 1.54) is 26.4 Å². The number of esters is 4. The van der Waals surface area contributed by atoms with Crippen molar-refractivity contribution in [3.05, 3.63) is 12.3 Å². The summed E-state index contributed by atoms with van der Waals surface area (Å²) in [6, 6.07) is 0. The van der Waals surface area contributed by atoms with Crippen molar-refractivity contribution in [1.82, 2.24) is 0 Å². The number of hydrogen-bond acceptors (Lipinski definition) is 16. The summed E-state index contributed by atoms with van der Waals surface area (Å²) >= 11 is 0. The second-order valence-corrected chi connectivity index (χ2v) is 16.5. The lowest BCUT2D eigenvalue weighted by atomic mass is 9.37. The molecule has 3 saturated carbocycles. The van der Waals surface area contributed by atoms with Gasteiger partial charge in [-0.25, -0.2) is 4.79 Å². The highest BCUT2D eigenvalue weighted by Crippen LogP contribution is 2.83. The van der Waals surface area contributed by atoms with E-state index < -0.39 is 124 Å². The standard InChI is InChI=1S/C35H46O16/c1-15(2)10-21(37)49-18-12-19(48-16(3)36)32(26(39)43-6)13-46-22-23(32)31(18)14-47-34(42,27(40)44-7)25(31)29(4,24(22)38)35-20-11-17(30(35,5)51-35)33(41)8-9-45-28(33)50-20/h8-9,15,17-20,22-25,28,38,41-42H,10-14H2,1-7H3. The van der Waals surface area contributed by atoms with Crippen LogP contribution in [0.1, 0.15) is 53.9 Å². The Balaban J connectivity index is 1.38. The fraction of sp³-hybridized carbons (Fsp3) is 0.829. The zero-order valence-corrected chi connectivity index (χ0v) is 29.6. The van der Waals surface area contributed by atoms with Crippen LogP contribution in [0.2, 0.25) is 0 Å². The van der Waals surface area contributed by atoms with Crippen LogP contribution in [-0.4, -0.2) is 126 Å². The van der Waals surface area contributed by atoms with E-state index in [4.69, 9.17) is 42.6 Å². The fourth-order valence-electron chi connectivity index (χ4n) is 12.4. The molecule has 3 aliphatic carbocycles. The molecule has 51 heavy (non-hydrogen) atoms. The van der Waals surface area contributed by atoms with Gasteiger partial charge < -0.3 is 58.0 Å². The van der Waals surface area contributed by atoms with Gasteiger partial charge in [0, 0.05) is 48.3 Å². The van der Waals surface area contributed by atoms with Gasteiger partial charge in [-0.2, -0.15) is 0 Å². The van der Waals surface area contributed by atoms with Crippen molar-refractivity contribution in [2.24, 2.45) is 39.9 Å². The summed E-state index contributed by atoms with van der Waals surface area (Å²) in [7, 11) is 2.25. The van der Waals surface area contributed by atoms with Crippen molar-refractivity contribution < 1.29 is 77.1 Å². The van der Waals surface area contributed by atoms with Crippen molar-refractivity contribution in [2.75, 3.05) is 27.4 Å². The lowest BCUT2D eigenvalue weighted by Gasteiger charge is -2.65. The average molecular weight is 723 g/mol. The number of ether oxygens (including phenoxy) is 9. The second-order valence-electron chi connectivity index (χ2n) is 16.5. The molecule has 1 spiro atoms. The third-order valence-electron chi connectivity index (χ3n) is 14.0. The minimum absolute atomic E-state index is 0.000437. The molecule has 8 aliphatic rings. The molecule has 7 fully saturated rings. The normalized spacial score (nSPS) is 53.7. The number of aliphatic hydroxyl groups excluding tert-OH is 1. The SMILES string of the molecule is COC(=O)C1(O)OCC23C(OC(=O)CC(C)C)CC(OC(C)=O)C4(C(=O)OC)COC(C42)C(O)C(C)(C24OC2(C)C2CC4OC4OC=CC42O)C13.